The first kappa shape index (κ1) is 33.7. The van der Waals surface area contributed by atoms with E-state index in [9.17, 15) is 4.79 Å². The highest BCUT2D eigenvalue weighted by molar-refractivity contribution is 8.13. The maximum absolute atomic E-state index is 11.5. The second kappa shape index (κ2) is 23.7. The van der Waals surface area contributed by atoms with E-state index in [2.05, 4.69) is 76.7 Å². The second-order valence-electron chi connectivity index (χ2n) is 8.88. The zero-order valence-corrected chi connectivity index (χ0v) is 23.4. The number of thioether (sulfide) groups is 1. The van der Waals surface area contributed by atoms with Crippen LogP contribution in [0.4, 0.5) is 0 Å². The zero-order valence-electron chi connectivity index (χ0n) is 22.6. The van der Waals surface area contributed by atoms with Crippen LogP contribution in [0.1, 0.15) is 106 Å². The van der Waals surface area contributed by atoms with Crippen LogP contribution in [0, 0.1) is 29.6 Å². The molecule has 0 aliphatic heterocycles. The Morgan fingerprint density at radius 3 is 2.33 bits per heavy atom. The van der Waals surface area contributed by atoms with Crippen LogP contribution < -0.4 is 0 Å². The standard InChI is InChI=1S/C26H42OS.C5H10/c1-7-18-24(20-15-11-12-16-21-25(27)28-10-4)23(5)19-14-13-17-22-26(6,8-2)9-3;1-3-5-4-2/h2,9,11,14-15,19,23-24H,3,7,10,12-13,16-18,20-22H2,1,4-6H3;3,5H,4H2,1-2H3/b15-11-,19-14+;5-3-/t23?,24-,26?;/m1./s1. The third kappa shape index (κ3) is 20.9. The Morgan fingerprint density at radius 2 is 1.82 bits per heavy atom. The molecule has 0 bridgehead atoms. The van der Waals surface area contributed by atoms with Gasteiger partial charge >= 0.3 is 0 Å². The van der Waals surface area contributed by atoms with Crippen molar-refractivity contribution in [2.75, 3.05) is 5.75 Å². The van der Waals surface area contributed by atoms with Gasteiger partial charge < -0.3 is 0 Å². The van der Waals surface area contributed by atoms with Crippen LogP contribution in [0.15, 0.2) is 49.1 Å². The topological polar surface area (TPSA) is 17.1 Å². The summed E-state index contributed by atoms with van der Waals surface area (Å²) in [6.07, 6.45) is 31.6. The normalized spacial score (nSPS) is 15.1. The van der Waals surface area contributed by atoms with Crippen LogP contribution in [-0.4, -0.2) is 10.9 Å². The van der Waals surface area contributed by atoms with Gasteiger partial charge in [-0.3, -0.25) is 4.79 Å². The van der Waals surface area contributed by atoms with Crippen molar-refractivity contribution in [1.29, 1.82) is 0 Å². The number of hydrogen-bond acceptors (Lipinski definition) is 2. The van der Waals surface area contributed by atoms with E-state index in [-0.39, 0.29) is 5.41 Å². The quantitative estimate of drug-likeness (QED) is 0.119. The van der Waals surface area contributed by atoms with Gasteiger partial charge in [0.2, 0.25) is 0 Å². The molecule has 0 rings (SSSR count). The fourth-order valence-electron chi connectivity index (χ4n) is 3.48. The lowest BCUT2D eigenvalue weighted by Gasteiger charge is -2.20. The average Bonchev–Trinajstić information content (AvgIpc) is 2.81. The van der Waals surface area contributed by atoms with Gasteiger partial charge in [0.1, 0.15) is 0 Å². The summed E-state index contributed by atoms with van der Waals surface area (Å²) in [5.41, 5.74) is -0.172. The van der Waals surface area contributed by atoms with Gasteiger partial charge in [-0.1, -0.05) is 94.3 Å². The van der Waals surface area contributed by atoms with E-state index in [0.29, 0.717) is 23.4 Å². The minimum absolute atomic E-state index is 0.172. The Labute approximate surface area is 211 Å². The van der Waals surface area contributed by atoms with Crippen LogP contribution >= 0.6 is 11.8 Å². The molecule has 2 unspecified atom stereocenters. The van der Waals surface area contributed by atoms with E-state index in [1.807, 2.05) is 19.9 Å². The van der Waals surface area contributed by atoms with Crippen molar-refractivity contribution < 1.29 is 4.79 Å². The first-order chi connectivity index (χ1) is 15.8. The van der Waals surface area contributed by atoms with E-state index in [1.165, 1.54) is 24.6 Å². The van der Waals surface area contributed by atoms with Crippen molar-refractivity contribution in [3.05, 3.63) is 49.1 Å². The van der Waals surface area contributed by atoms with Crippen LogP contribution in [0.25, 0.3) is 0 Å². The number of rotatable bonds is 17. The first-order valence-corrected chi connectivity index (χ1v) is 14.0. The highest BCUT2D eigenvalue weighted by Gasteiger charge is 2.15. The van der Waals surface area contributed by atoms with Crippen LogP contribution in [-0.2, 0) is 4.79 Å². The van der Waals surface area contributed by atoms with Gasteiger partial charge in [-0.25, -0.2) is 0 Å². The van der Waals surface area contributed by atoms with E-state index >= 15 is 0 Å². The predicted octanol–water partition coefficient (Wildman–Crippen LogP) is 9.96. The second-order valence-corrected chi connectivity index (χ2v) is 10.2. The Hall–Kier alpha value is -1.46. The summed E-state index contributed by atoms with van der Waals surface area (Å²) in [6, 6.07) is 0. The van der Waals surface area contributed by atoms with Crippen molar-refractivity contribution in [2.45, 2.75) is 106 Å². The number of carbonyl (C=O) groups is 1. The van der Waals surface area contributed by atoms with Crippen LogP contribution in [0.5, 0.6) is 0 Å². The molecule has 188 valence electrons. The molecule has 0 saturated heterocycles. The third-order valence-electron chi connectivity index (χ3n) is 5.82. The number of unbranched alkanes of at least 4 members (excludes halogenated alkanes) is 2. The molecule has 0 saturated carbocycles. The molecule has 0 aromatic heterocycles. The van der Waals surface area contributed by atoms with Crippen molar-refractivity contribution >= 4 is 16.9 Å². The molecule has 3 atom stereocenters. The van der Waals surface area contributed by atoms with Gasteiger partial charge in [-0.2, -0.15) is 0 Å². The maximum Gasteiger partial charge on any atom is 0.188 e. The molecule has 0 heterocycles. The lowest BCUT2D eigenvalue weighted by molar-refractivity contribution is -0.111. The average molecular weight is 473 g/mol. The van der Waals surface area contributed by atoms with E-state index in [0.717, 1.165) is 50.7 Å². The summed E-state index contributed by atoms with van der Waals surface area (Å²) in [5, 5.41) is 0.328. The lowest BCUT2D eigenvalue weighted by atomic mass is 9.85. The molecule has 1 nitrogen and oxygen atoms in total. The Morgan fingerprint density at radius 1 is 1.12 bits per heavy atom. The summed E-state index contributed by atoms with van der Waals surface area (Å²) >= 11 is 1.44. The van der Waals surface area contributed by atoms with E-state index in [1.54, 1.807) is 0 Å². The Bertz CT molecular complexity index is 607. The minimum atomic E-state index is -0.172. The predicted molar refractivity (Wildman–Crippen MR) is 154 cm³/mol. The molecule has 0 N–H and O–H groups in total. The summed E-state index contributed by atoms with van der Waals surface area (Å²) in [6.45, 7) is 16.7. The van der Waals surface area contributed by atoms with Crippen LogP contribution in [0.3, 0.4) is 0 Å². The molecule has 0 fully saturated rings. The van der Waals surface area contributed by atoms with Gasteiger partial charge in [0.05, 0.1) is 0 Å². The highest BCUT2D eigenvalue weighted by atomic mass is 32.2. The largest absolute Gasteiger partial charge is 0.287 e. The number of allylic oxidation sites excluding steroid dienone is 7. The molecular weight excluding hydrogens is 420 g/mol. The van der Waals surface area contributed by atoms with Crippen LogP contribution in [0.2, 0.25) is 0 Å². The fraction of sp³-hybridized carbons (Fsp3) is 0.645. The lowest BCUT2D eigenvalue weighted by Crippen LogP contribution is -2.09. The van der Waals surface area contributed by atoms with Crippen molar-refractivity contribution in [2.24, 2.45) is 17.3 Å². The molecule has 33 heavy (non-hydrogen) atoms. The molecule has 0 aliphatic rings. The van der Waals surface area contributed by atoms with Crippen molar-refractivity contribution in [3.63, 3.8) is 0 Å². The summed E-state index contributed by atoms with van der Waals surface area (Å²) in [7, 11) is 0. The molecule has 0 aliphatic carbocycles. The highest BCUT2D eigenvalue weighted by Crippen LogP contribution is 2.26. The van der Waals surface area contributed by atoms with E-state index < -0.39 is 0 Å². The Balaban J connectivity index is 0. The zero-order chi connectivity index (χ0) is 25.4. The van der Waals surface area contributed by atoms with Gasteiger partial charge in [-0.15, -0.1) is 13.0 Å². The molecule has 0 aromatic rings. The van der Waals surface area contributed by atoms with Gasteiger partial charge in [0.15, 0.2) is 5.12 Å². The first-order valence-electron chi connectivity index (χ1n) is 13.0. The molecule has 0 aromatic carbocycles. The van der Waals surface area contributed by atoms with Gasteiger partial charge in [0.25, 0.3) is 0 Å². The summed E-state index contributed by atoms with van der Waals surface area (Å²) in [5.74, 6) is 5.01. The van der Waals surface area contributed by atoms with Crippen molar-refractivity contribution in [3.8, 4) is 12.3 Å². The van der Waals surface area contributed by atoms with Gasteiger partial charge in [-0.05, 0) is 82.8 Å². The Kier molecular flexibility index (Phi) is 24.2. The van der Waals surface area contributed by atoms with E-state index in [4.69, 9.17) is 6.42 Å². The number of terminal acetylenes is 1. The molecular formula is C31H52OS. The molecule has 0 radical (unpaired) electrons. The van der Waals surface area contributed by atoms with Crippen molar-refractivity contribution in [1.82, 2.24) is 0 Å². The molecule has 0 amide bonds. The fourth-order valence-corrected chi connectivity index (χ4v) is 4.09. The summed E-state index contributed by atoms with van der Waals surface area (Å²) < 4.78 is 0. The molecule has 0 spiro atoms. The summed E-state index contributed by atoms with van der Waals surface area (Å²) in [4.78, 5) is 11.5. The molecule has 2 heteroatoms. The maximum atomic E-state index is 11.5. The number of hydrogen-bond donors (Lipinski definition) is 0. The van der Waals surface area contributed by atoms with Gasteiger partial charge in [0, 0.05) is 11.8 Å². The number of carbonyl (C=O) groups excluding carboxylic acids is 1. The SMILES string of the molecule is C#CC(C)(C=C)CCC/C=C/C(C)[C@@H](C/C=C\CCCC(=O)SCC)CCC.C/C=C\CC. The monoisotopic (exact) mass is 472 g/mol. The smallest absolute Gasteiger partial charge is 0.188 e. The minimum Gasteiger partial charge on any atom is -0.287 e. The third-order valence-corrected chi connectivity index (χ3v) is 6.64.